The summed E-state index contributed by atoms with van der Waals surface area (Å²) < 4.78 is 1.16. The zero-order valence-electron chi connectivity index (χ0n) is 11.8. The Morgan fingerprint density at radius 1 is 1.37 bits per heavy atom. The molecule has 1 unspecified atom stereocenters. The van der Waals surface area contributed by atoms with E-state index in [1.165, 1.54) is 17.7 Å². The standard InChI is InChI=1S/C16H23BrN2/c1-3-9-18-13(2)15-8-7-14(17)12-16(15)19-10-5-4-6-11-19/h4-5,7-8,12-13,18H,3,6,9-11H2,1-2H3. The summed E-state index contributed by atoms with van der Waals surface area (Å²) in [7, 11) is 0. The van der Waals surface area contributed by atoms with Gasteiger partial charge in [0, 0.05) is 29.3 Å². The molecule has 1 aromatic rings. The fraction of sp³-hybridized carbons (Fsp3) is 0.500. The summed E-state index contributed by atoms with van der Waals surface area (Å²) in [6.45, 7) is 7.65. The van der Waals surface area contributed by atoms with Gasteiger partial charge in [0.05, 0.1) is 0 Å². The number of hydrogen-bond donors (Lipinski definition) is 1. The van der Waals surface area contributed by atoms with Crippen molar-refractivity contribution in [1.82, 2.24) is 5.32 Å². The van der Waals surface area contributed by atoms with Crippen LogP contribution in [0.4, 0.5) is 5.69 Å². The summed E-state index contributed by atoms with van der Waals surface area (Å²) in [5.41, 5.74) is 2.75. The molecule has 0 saturated carbocycles. The van der Waals surface area contributed by atoms with Crippen LogP contribution in [0.2, 0.25) is 0 Å². The number of hydrogen-bond acceptors (Lipinski definition) is 2. The maximum Gasteiger partial charge on any atom is 0.0428 e. The van der Waals surface area contributed by atoms with Crippen molar-refractivity contribution >= 4 is 21.6 Å². The molecule has 0 spiro atoms. The summed E-state index contributed by atoms with van der Waals surface area (Å²) in [4.78, 5) is 2.46. The Bertz CT molecular complexity index is 442. The van der Waals surface area contributed by atoms with E-state index in [1.807, 2.05) is 0 Å². The molecule has 0 radical (unpaired) electrons. The van der Waals surface area contributed by atoms with Crippen molar-refractivity contribution in [2.24, 2.45) is 0 Å². The molecule has 0 saturated heterocycles. The summed E-state index contributed by atoms with van der Waals surface area (Å²) >= 11 is 3.60. The fourth-order valence-electron chi connectivity index (χ4n) is 2.49. The van der Waals surface area contributed by atoms with Gasteiger partial charge in [-0.3, -0.25) is 0 Å². The van der Waals surface area contributed by atoms with Gasteiger partial charge in [-0.15, -0.1) is 0 Å². The molecule has 1 atom stereocenters. The first-order chi connectivity index (χ1) is 9.22. The average Bonchev–Trinajstić information content (AvgIpc) is 2.45. The first-order valence-corrected chi connectivity index (χ1v) is 7.94. The number of nitrogens with zero attached hydrogens (tertiary/aromatic N) is 1. The van der Waals surface area contributed by atoms with E-state index in [0.717, 1.165) is 30.5 Å². The molecule has 1 heterocycles. The molecule has 3 heteroatoms. The Hall–Kier alpha value is -0.800. The first-order valence-electron chi connectivity index (χ1n) is 7.15. The second kappa shape index (κ2) is 7.11. The monoisotopic (exact) mass is 322 g/mol. The Balaban J connectivity index is 2.24. The maximum atomic E-state index is 3.60. The van der Waals surface area contributed by atoms with Crippen molar-refractivity contribution in [3.63, 3.8) is 0 Å². The highest BCUT2D eigenvalue weighted by Gasteiger charge is 2.16. The zero-order chi connectivity index (χ0) is 13.7. The van der Waals surface area contributed by atoms with Crippen LogP contribution in [0.15, 0.2) is 34.8 Å². The van der Waals surface area contributed by atoms with Crippen molar-refractivity contribution in [2.45, 2.75) is 32.7 Å². The van der Waals surface area contributed by atoms with E-state index in [9.17, 15) is 0 Å². The van der Waals surface area contributed by atoms with Gasteiger partial charge < -0.3 is 10.2 Å². The second-order valence-electron chi connectivity index (χ2n) is 5.09. The lowest BCUT2D eigenvalue weighted by Gasteiger charge is -2.30. The minimum absolute atomic E-state index is 0.397. The topological polar surface area (TPSA) is 15.3 Å². The lowest BCUT2D eigenvalue weighted by atomic mass is 10.0. The summed E-state index contributed by atoms with van der Waals surface area (Å²) in [5, 5.41) is 3.59. The molecule has 1 aliphatic heterocycles. The van der Waals surface area contributed by atoms with E-state index in [1.54, 1.807) is 0 Å². The number of benzene rings is 1. The summed E-state index contributed by atoms with van der Waals surface area (Å²) in [6.07, 6.45) is 6.84. The van der Waals surface area contributed by atoms with Crippen molar-refractivity contribution in [3.8, 4) is 0 Å². The van der Waals surface area contributed by atoms with Gasteiger partial charge >= 0.3 is 0 Å². The van der Waals surface area contributed by atoms with Crippen molar-refractivity contribution < 1.29 is 0 Å². The Kier molecular flexibility index (Phi) is 5.46. The van der Waals surface area contributed by atoms with E-state index < -0.39 is 0 Å². The minimum atomic E-state index is 0.397. The Morgan fingerprint density at radius 2 is 2.21 bits per heavy atom. The van der Waals surface area contributed by atoms with Crippen LogP contribution in [-0.2, 0) is 0 Å². The van der Waals surface area contributed by atoms with E-state index >= 15 is 0 Å². The van der Waals surface area contributed by atoms with Crippen LogP contribution in [0, 0.1) is 0 Å². The average molecular weight is 323 g/mol. The zero-order valence-corrected chi connectivity index (χ0v) is 13.4. The van der Waals surface area contributed by atoms with E-state index in [4.69, 9.17) is 0 Å². The predicted molar refractivity (Wildman–Crippen MR) is 86.8 cm³/mol. The van der Waals surface area contributed by atoms with Gasteiger partial charge in [0.2, 0.25) is 0 Å². The molecule has 19 heavy (non-hydrogen) atoms. The summed E-state index contributed by atoms with van der Waals surface area (Å²) in [6, 6.07) is 7.03. The molecule has 1 N–H and O–H groups in total. The van der Waals surface area contributed by atoms with Crippen LogP contribution >= 0.6 is 15.9 Å². The molecule has 2 rings (SSSR count). The summed E-state index contributed by atoms with van der Waals surface area (Å²) in [5.74, 6) is 0. The van der Waals surface area contributed by atoms with Gasteiger partial charge in [0.1, 0.15) is 0 Å². The smallest absolute Gasteiger partial charge is 0.0428 e. The van der Waals surface area contributed by atoms with Gasteiger partial charge in [0.25, 0.3) is 0 Å². The van der Waals surface area contributed by atoms with Crippen LogP contribution < -0.4 is 10.2 Å². The predicted octanol–water partition coefficient (Wildman–Crippen LogP) is 4.28. The quantitative estimate of drug-likeness (QED) is 0.814. The maximum absolute atomic E-state index is 3.60. The van der Waals surface area contributed by atoms with Crippen molar-refractivity contribution in [2.75, 3.05) is 24.5 Å². The molecule has 0 fully saturated rings. The molecule has 2 nitrogen and oxygen atoms in total. The highest BCUT2D eigenvalue weighted by atomic mass is 79.9. The van der Waals surface area contributed by atoms with Gasteiger partial charge in [0.15, 0.2) is 0 Å². The normalized spacial score (nSPS) is 16.7. The molecular weight excluding hydrogens is 300 g/mol. The molecule has 0 amide bonds. The largest absolute Gasteiger partial charge is 0.367 e. The van der Waals surface area contributed by atoms with Gasteiger partial charge in [-0.1, -0.05) is 41.1 Å². The van der Waals surface area contributed by atoms with Crippen molar-refractivity contribution in [1.29, 1.82) is 0 Å². The third-order valence-electron chi connectivity index (χ3n) is 3.56. The third kappa shape index (κ3) is 3.83. The number of nitrogens with one attached hydrogen (secondary N) is 1. The second-order valence-corrected chi connectivity index (χ2v) is 6.00. The lowest BCUT2D eigenvalue weighted by molar-refractivity contribution is 0.569. The third-order valence-corrected chi connectivity index (χ3v) is 4.05. The lowest BCUT2D eigenvalue weighted by Crippen LogP contribution is -2.29. The van der Waals surface area contributed by atoms with Crippen molar-refractivity contribution in [3.05, 3.63) is 40.4 Å². The van der Waals surface area contributed by atoms with Crippen LogP contribution in [0.5, 0.6) is 0 Å². The minimum Gasteiger partial charge on any atom is -0.367 e. The van der Waals surface area contributed by atoms with Gasteiger partial charge in [-0.2, -0.15) is 0 Å². The van der Waals surface area contributed by atoms with E-state index in [2.05, 4.69) is 70.3 Å². The molecule has 104 valence electrons. The van der Waals surface area contributed by atoms with Crippen LogP contribution in [0.1, 0.15) is 38.3 Å². The Labute approximate surface area is 125 Å². The highest BCUT2D eigenvalue weighted by Crippen LogP contribution is 2.30. The molecule has 0 bridgehead atoms. The van der Waals surface area contributed by atoms with Gasteiger partial charge in [-0.05, 0) is 44.0 Å². The van der Waals surface area contributed by atoms with Crippen LogP contribution in [0.3, 0.4) is 0 Å². The Morgan fingerprint density at radius 3 is 2.89 bits per heavy atom. The highest BCUT2D eigenvalue weighted by molar-refractivity contribution is 9.10. The van der Waals surface area contributed by atoms with E-state index in [-0.39, 0.29) is 0 Å². The SMILES string of the molecule is CCCNC(C)c1ccc(Br)cc1N1CC=CCC1. The molecule has 1 aromatic carbocycles. The number of halogens is 1. The molecule has 0 aromatic heterocycles. The van der Waals surface area contributed by atoms with Crippen LogP contribution in [0.25, 0.3) is 0 Å². The number of anilines is 1. The van der Waals surface area contributed by atoms with Gasteiger partial charge in [-0.25, -0.2) is 0 Å². The number of rotatable bonds is 5. The first kappa shape index (κ1) is 14.6. The van der Waals surface area contributed by atoms with Crippen LogP contribution in [-0.4, -0.2) is 19.6 Å². The fourth-order valence-corrected chi connectivity index (χ4v) is 2.84. The molecule has 1 aliphatic rings. The van der Waals surface area contributed by atoms with E-state index in [0.29, 0.717) is 6.04 Å². The molecule has 0 aliphatic carbocycles. The molecular formula is C16H23BrN2.